The fourth-order valence-electron chi connectivity index (χ4n) is 4.42. The molecule has 1 aromatic heterocycles. The lowest BCUT2D eigenvalue weighted by atomic mass is 9.92. The zero-order valence-electron chi connectivity index (χ0n) is 22.2. The van der Waals surface area contributed by atoms with Crippen LogP contribution in [0.5, 0.6) is 0 Å². The fourth-order valence-corrected chi connectivity index (χ4v) is 6.47. The average molecular weight is 606 g/mol. The van der Waals surface area contributed by atoms with Crippen molar-refractivity contribution in [2.24, 2.45) is 0 Å². The molecular weight excluding hydrogens is 576 g/mol. The summed E-state index contributed by atoms with van der Waals surface area (Å²) in [6.45, 7) is 3.21. The molecular formula is C28H29FNO7PS2. The van der Waals surface area contributed by atoms with Crippen LogP contribution in [0.15, 0.2) is 83.9 Å². The molecule has 1 atom stereocenters. The van der Waals surface area contributed by atoms with Crippen LogP contribution >= 0.6 is 7.60 Å². The maximum absolute atomic E-state index is 16.3. The molecule has 3 aromatic carbocycles. The maximum atomic E-state index is 16.3. The third-order valence-corrected chi connectivity index (χ3v) is 11.7. The first-order valence-electron chi connectivity index (χ1n) is 12.1. The number of hydrogen-bond acceptors (Lipinski definition) is 6. The molecule has 0 saturated heterocycles. The quantitative estimate of drug-likeness (QED) is 0.264. The summed E-state index contributed by atoms with van der Waals surface area (Å²) < 4.78 is 76.3. The minimum Gasteiger partial charge on any atom is -0.322 e. The number of rotatable bonds is 8. The monoisotopic (exact) mass is 605 g/mol. The van der Waals surface area contributed by atoms with Crippen LogP contribution in [-0.2, 0) is 40.8 Å². The van der Waals surface area contributed by atoms with Crippen molar-refractivity contribution in [3.63, 3.8) is 0 Å². The van der Waals surface area contributed by atoms with E-state index in [-0.39, 0.29) is 16.0 Å². The lowest BCUT2D eigenvalue weighted by Crippen LogP contribution is -2.28. The molecule has 0 aliphatic carbocycles. The number of fused-ring (bicyclic) bond motifs is 1. The molecule has 212 valence electrons. The number of benzene rings is 3. The van der Waals surface area contributed by atoms with Gasteiger partial charge in [-0.3, -0.25) is 9.55 Å². The first kappa shape index (κ1) is 30.0. The summed E-state index contributed by atoms with van der Waals surface area (Å²) in [5.41, 5.74) is 2.12. The van der Waals surface area contributed by atoms with Crippen molar-refractivity contribution < 1.29 is 35.6 Å². The number of aromatic nitrogens is 1. The molecule has 0 radical (unpaired) electrons. The van der Waals surface area contributed by atoms with Crippen LogP contribution < -0.4 is 0 Å². The van der Waals surface area contributed by atoms with E-state index in [9.17, 15) is 31.2 Å². The van der Waals surface area contributed by atoms with Crippen molar-refractivity contribution in [2.45, 2.75) is 35.3 Å². The Balaban J connectivity index is 1.85. The molecule has 2 N–H and O–H groups in total. The Morgan fingerprint density at radius 1 is 0.875 bits per heavy atom. The number of pyridine rings is 1. The molecule has 40 heavy (non-hydrogen) atoms. The molecule has 0 fully saturated rings. The molecule has 12 heteroatoms. The summed E-state index contributed by atoms with van der Waals surface area (Å²) in [6, 6.07) is 17.8. The van der Waals surface area contributed by atoms with Crippen LogP contribution in [-0.4, -0.2) is 44.1 Å². The van der Waals surface area contributed by atoms with Crippen LogP contribution in [0.25, 0.3) is 22.0 Å². The van der Waals surface area contributed by atoms with Crippen LogP contribution in [0.1, 0.15) is 30.5 Å². The Morgan fingerprint density at radius 2 is 1.52 bits per heavy atom. The van der Waals surface area contributed by atoms with Gasteiger partial charge in [0.2, 0.25) is 5.41 Å². The number of nitrogens with zero attached hydrogens (tertiary/aromatic N) is 1. The average Bonchev–Trinajstić information content (AvgIpc) is 2.86. The van der Waals surface area contributed by atoms with E-state index in [2.05, 4.69) is 4.98 Å². The van der Waals surface area contributed by atoms with E-state index in [1.807, 2.05) is 0 Å². The molecule has 0 bridgehead atoms. The van der Waals surface area contributed by atoms with Gasteiger partial charge in [0.05, 0.1) is 15.2 Å². The summed E-state index contributed by atoms with van der Waals surface area (Å²) >= 11 is 0. The van der Waals surface area contributed by atoms with Gasteiger partial charge in [-0.25, -0.2) is 21.2 Å². The van der Waals surface area contributed by atoms with Crippen LogP contribution in [0.3, 0.4) is 0 Å². The number of halogens is 1. The standard InChI is InChI=1S/C28H29FNO7PS2/c1-27(2,40(4,36)37)23-16-21-9-6-14-30-26(21)25(17-23)20-8-5-7-19(15-20)18-28(29,38(31,32)33)22-10-12-24(13-11-22)39(3,34)35/h5-17H,18H2,1-4H3,(H2,31,32,33). The Morgan fingerprint density at radius 3 is 2.10 bits per heavy atom. The Labute approximate surface area is 232 Å². The van der Waals surface area contributed by atoms with Crippen molar-refractivity contribution in [2.75, 3.05) is 12.5 Å². The van der Waals surface area contributed by atoms with Crippen LogP contribution in [0.2, 0.25) is 0 Å². The summed E-state index contributed by atoms with van der Waals surface area (Å²) in [6.07, 6.45) is 3.02. The van der Waals surface area contributed by atoms with E-state index >= 15 is 4.39 Å². The smallest absolute Gasteiger partial charge is 0.322 e. The van der Waals surface area contributed by atoms with Gasteiger partial charge in [0.15, 0.2) is 19.7 Å². The minimum absolute atomic E-state index is 0.109. The largest absolute Gasteiger partial charge is 0.367 e. The van der Waals surface area contributed by atoms with Gasteiger partial charge in [-0.05, 0) is 60.9 Å². The Hall–Kier alpha value is -2.95. The SMILES string of the molecule is CC(C)(c1cc(-c2cccc(CC(F)(c3ccc(S(C)(=O)=O)cc3)P(=O)(O)O)c2)c2ncccc2c1)S(C)(=O)=O. The van der Waals surface area contributed by atoms with Gasteiger partial charge < -0.3 is 9.79 Å². The molecule has 4 aromatic rings. The third kappa shape index (κ3) is 5.62. The number of alkyl halides is 1. The highest BCUT2D eigenvalue weighted by Gasteiger charge is 2.49. The fraction of sp³-hybridized carbons (Fsp3) is 0.250. The maximum Gasteiger partial charge on any atom is 0.367 e. The topological polar surface area (TPSA) is 139 Å². The van der Waals surface area contributed by atoms with E-state index in [1.165, 1.54) is 6.07 Å². The van der Waals surface area contributed by atoms with Crippen LogP contribution in [0, 0.1) is 0 Å². The number of hydrogen-bond donors (Lipinski definition) is 2. The zero-order valence-corrected chi connectivity index (χ0v) is 24.8. The van der Waals surface area contributed by atoms with Crippen molar-refractivity contribution >= 4 is 38.2 Å². The molecule has 0 amide bonds. The molecule has 4 rings (SSSR count). The summed E-state index contributed by atoms with van der Waals surface area (Å²) in [7, 11) is -12.5. The summed E-state index contributed by atoms with van der Waals surface area (Å²) in [4.78, 5) is 24.5. The molecule has 0 saturated carbocycles. The van der Waals surface area contributed by atoms with Crippen molar-refractivity contribution in [3.8, 4) is 11.1 Å². The second-order valence-electron chi connectivity index (χ2n) is 10.4. The highest BCUT2D eigenvalue weighted by molar-refractivity contribution is 7.91. The molecule has 0 spiro atoms. The Kier molecular flexibility index (Phi) is 7.62. The normalized spacial score (nSPS) is 14.7. The second kappa shape index (κ2) is 10.2. The number of sulfone groups is 2. The highest BCUT2D eigenvalue weighted by Crippen LogP contribution is 2.60. The minimum atomic E-state index is -5.40. The predicted molar refractivity (Wildman–Crippen MR) is 153 cm³/mol. The van der Waals surface area contributed by atoms with E-state index < -0.39 is 43.8 Å². The van der Waals surface area contributed by atoms with Gasteiger partial charge in [-0.2, -0.15) is 0 Å². The molecule has 1 heterocycles. The lowest BCUT2D eigenvalue weighted by molar-refractivity contribution is 0.202. The van der Waals surface area contributed by atoms with E-state index in [0.717, 1.165) is 36.8 Å². The van der Waals surface area contributed by atoms with Crippen molar-refractivity contribution in [3.05, 3.63) is 95.7 Å². The summed E-state index contributed by atoms with van der Waals surface area (Å²) in [5, 5.41) is -2.44. The van der Waals surface area contributed by atoms with Crippen LogP contribution in [0.4, 0.5) is 4.39 Å². The van der Waals surface area contributed by atoms with Gasteiger partial charge >= 0.3 is 7.60 Å². The van der Waals surface area contributed by atoms with Gasteiger partial charge in [-0.15, -0.1) is 0 Å². The van der Waals surface area contributed by atoms with Crippen molar-refractivity contribution in [1.82, 2.24) is 4.98 Å². The molecule has 0 aliphatic heterocycles. The summed E-state index contributed by atoms with van der Waals surface area (Å²) in [5.74, 6) is 0. The second-order valence-corrected chi connectivity index (χ2v) is 16.7. The molecule has 0 aliphatic rings. The highest BCUT2D eigenvalue weighted by atomic mass is 32.2. The first-order valence-corrected chi connectivity index (χ1v) is 17.5. The zero-order chi connectivity index (χ0) is 29.7. The lowest BCUT2D eigenvalue weighted by Gasteiger charge is -2.27. The van der Waals surface area contributed by atoms with E-state index in [1.54, 1.807) is 62.5 Å². The first-order chi connectivity index (χ1) is 18.3. The van der Waals surface area contributed by atoms with E-state index in [0.29, 0.717) is 27.6 Å². The van der Waals surface area contributed by atoms with Gasteiger partial charge in [-0.1, -0.05) is 42.5 Å². The van der Waals surface area contributed by atoms with Crippen molar-refractivity contribution in [1.29, 1.82) is 0 Å². The van der Waals surface area contributed by atoms with Gasteiger partial charge in [0.25, 0.3) is 0 Å². The third-order valence-electron chi connectivity index (χ3n) is 7.19. The predicted octanol–water partition coefficient (Wildman–Crippen LogP) is 5.13. The Bertz CT molecular complexity index is 1870. The van der Waals surface area contributed by atoms with E-state index in [4.69, 9.17) is 0 Å². The van der Waals surface area contributed by atoms with Gasteiger partial charge in [0.1, 0.15) is 0 Å². The molecule has 1 unspecified atom stereocenters. The van der Waals surface area contributed by atoms with Gasteiger partial charge in [0, 0.05) is 41.6 Å². The molecule has 8 nitrogen and oxygen atoms in total.